The third kappa shape index (κ3) is 6.59. The van der Waals surface area contributed by atoms with Crippen LogP contribution in [0.2, 0.25) is 0 Å². The van der Waals surface area contributed by atoms with Gasteiger partial charge in [-0.1, -0.05) is 20.8 Å². The maximum Gasteiger partial charge on any atom is 0.227 e. The molecule has 25 heavy (non-hydrogen) atoms. The quantitative estimate of drug-likeness (QED) is 0.710. The molecule has 0 aliphatic carbocycles. The van der Waals surface area contributed by atoms with Crippen LogP contribution in [0.3, 0.4) is 0 Å². The standard InChI is InChI=1S/C19H34N2O4/c1-19(2,3)18(23)21-10-7-15(8-11-21)17(22)20-9-5-12-24-14-16-6-4-13-25-16/h15-16H,4-14H2,1-3H3,(H,20,22). The third-order valence-electron chi connectivity index (χ3n) is 4.89. The van der Waals surface area contributed by atoms with Gasteiger partial charge >= 0.3 is 0 Å². The SMILES string of the molecule is CC(C)(C)C(=O)N1CCC(C(=O)NCCCOCC2CCCO2)CC1. The van der Waals surface area contributed by atoms with Crippen molar-refractivity contribution in [2.24, 2.45) is 11.3 Å². The van der Waals surface area contributed by atoms with Crippen LogP contribution in [0.4, 0.5) is 0 Å². The first-order chi connectivity index (χ1) is 11.9. The molecule has 0 bridgehead atoms. The van der Waals surface area contributed by atoms with Crippen molar-refractivity contribution in [1.82, 2.24) is 10.2 Å². The van der Waals surface area contributed by atoms with Gasteiger partial charge in [0.05, 0.1) is 12.7 Å². The Kier molecular flexibility index (Phi) is 7.69. The molecule has 2 saturated heterocycles. The lowest BCUT2D eigenvalue weighted by atomic mass is 9.90. The number of nitrogens with zero attached hydrogens (tertiary/aromatic N) is 1. The maximum absolute atomic E-state index is 12.3. The first-order valence-corrected chi connectivity index (χ1v) is 9.64. The Morgan fingerprint density at radius 1 is 1.20 bits per heavy atom. The molecule has 0 aromatic rings. The van der Waals surface area contributed by atoms with Gasteiger partial charge in [-0.25, -0.2) is 0 Å². The van der Waals surface area contributed by atoms with Gasteiger partial charge < -0.3 is 19.7 Å². The minimum absolute atomic E-state index is 0.0248. The number of carbonyl (C=O) groups excluding carboxylic acids is 2. The van der Waals surface area contributed by atoms with Gasteiger partial charge in [0, 0.05) is 44.2 Å². The molecule has 144 valence electrons. The zero-order chi connectivity index (χ0) is 18.3. The molecule has 6 heteroatoms. The predicted molar refractivity (Wildman–Crippen MR) is 96.2 cm³/mol. The van der Waals surface area contributed by atoms with Gasteiger partial charge in [0.15, 0.2) is 0 Å². The van der Waals surface area contributed by atoms with Crippen LogP contribution in [0.5, 0.6) is 0 Å². The van der Waals surface area contributed by atoms with Crippen molar-refractivity contribution < 1.29 is 19.1 Å². The van der Waals surface area contributed by atoms with Gasteiger partial charge in [0.1, 0.15) is 0 Å². The van der Waals surface area contributed by atoms with E-state index in [0.717, 1.165) is 38.7 Å². The van der Waals surface area contributed by atoms with Crippen molar-refractivity contribution in [1.29, 1.82) is 0 Å². The summed E-state index contributed by atoms with van der Waals surface area (Å²) in [6.45, 7) is 9.99. The normalized spacial score (nSPS) is 22.2. The van der Waals surface area contributed by atoms with Crippen LogP contribution in [0.15, 0.2) is 0 Å². The van der Waals surface area contributed by atoms with Gasteiger partial charge in [-0.3, -0.25) is 9.59 Å². The number of piperidine rings is 1. The second kappa shape index (κ2) is 9.53. The summed E-state index contributed by atoms with van der Waals surface area (Å²) in [5, 5.41) is 3.00. The summed E-state index contributed by atoms with van der Waals surface area (Å²) < 4.78 is 11.1. The molecule has 0 aromatic carbocycles. The van der Waals surface area contributed by atoms with E-state index in [2.05, 4.69) is 5.32 Å². The lowest BCUT2D eigenvalue weighted by Crippen LogP contribution is -2.46. The van der Waals surface area contributed by atoms with Crippen LogP contribution in [0, 0.1) is 11.3 Å². The van der Waals surface area contributed by atoms with Gasteiger partial charge in [0.2, 0.25) is 11.8 Å². The number of nitrogens with one attached hydrogen (secondary N) is 1. The Morgan fingerprint density at radius 3 is 2.52 bits per heavy atom. The Balaban J connectivity index is 1.54. The Labute approximate surface area is 151 Å². The molecule has 1 unspecified atom stereocenters. The topological polar surface area (TPSA) is 67.9 Å². The molecular weight excluding hydrogens is 320 g/mol. The number of likely N-dealkylation sites (tertiary alicyclic amines) is 1. The molecule has 2 aliphatic rings. The van der Waals surface area contributed by atoms with E-state index in [9.17, 15) is 9.59 Å². The van der Waals surface area contributed by atoms with E-state index in [-0.39, 0.29) is 29.3 Å². The van der Waals surface area contributed by atoms with Gasteiger partial charge in [-0.05, 0) is 32.1 Å². The summed E-state index contributed by atoms with van der Waals surface area (Å²) in [6, 6.07) is 0. The van der Waals surface area contributed by atoms with Gasteiger partial charge in [0.25, 0.3) is 0 Å². The van der Waals surface area contributed by atoms with Crippen LogP contribution in [0.1, 0.15) is 52.9 Å². The number of amides is 2. The number of carbonyl (C=O) groups is 2. The maximum atomic E-state index is 12.3. The highest BCUT2D eigenvalue weighted by Crippen LogP contribution is 2.23. The minimum Gasteiger partial charge on any atom is -0.379 e. The zero-order valence-corrected chi connectivity index (χ0v) is 16.0. The lowest BCUT2D eigenvalue weighted by molar-refractivity contribution is -0.142. The average Bonchev–Trinajstić information content (AvgIpc) is 3.10. The van der Waals surface area contributed by atoms with E-state index in [4.69, 9.17) is 9.47 Å². The predicted octanol–water partition coefficient (Wildman–Crippen LogP) is 1.97. The second-order valence-electron chi connectivity index (χ2n) is 8.17. The molecule has 2 heterocycles. The number of hydrogen-bond acceptors (Lipinski definition) is 4. The third-order valence-corrected chi connectivity index (χ3v) is 4.89. The molecule has 2 aliphatic heterocycles. The van der Waals surface area contributed by atoms with Gasteiger partial charge in [-0.15, -0.1) is 0 Å². The fourth-order valence-electron chi connectivity index (χ4n) is 3.34. The smallest absolute Gasteiger partial charge is 0.227 e. The van der Waals surface area contributed by atoms with Crippen molar-refractivity contribution in [3.63, 3.8) is 0 Å². The first-order valence-electron chi connectivity index (χ1n) is 9.64. The highest BCUT2D eigenvalue weighted by molar-refractivity contribution is 5.82. The zero-order valence-electron chi connectivity index (χ0n) is 16.0. The minimum atomic E-state index is -0.349. The highest BCUT2D eigenvalue weighted by Gasteiger charge is 2.32. The van der Waals surface area contributed by atoms with Crippen molar-refractivity contribution in [2.75, 3.05) is 39.5 Å². The van der Waals surface area contributed by atoms with Crippen LogP contribution >= 0.6 is 0 Å². The number of rotatable bonds is 7. The van der Waals surface area contributed by atoms with E-state index >= 15 is 0 Å². The second-order valence-corrected chi connectivity index (χ2v) is 8.17. The van der Waals surface area contributed by atoms with E-state index in [1.165, 1.54) is 0 Å². The molecule has 0 radical (unpaired) electrons. The molecule has 0 saturated carbocycles. The summed E-state index contributed by atoms with van der Waals surface area (Å²) >= 11 is 0. The molecule has 2 amide bonds. The van der Waals surface area contributed by atoms with Crippen molar-refractivity contribution in [2.45, 2.75) is 59.0 Å². The Hall–Kier alpha value is -1.14. The van der Waals surface area contributed by atoms with E-state index in [1.807, 2.05) is 25.7 Å². The molecule has 0 spiro atoms. The summed E-state index contributed by atoms with van der Waals surface area (Å²) in [4.78, 5) is 26.4. The molecule has 1 N–H and O–H groups in total. The summed E-state index contributed by atoms with van der Waals surface area (Å²) in [5.74, 6) is 0.313. The number of ether oxygens (including phenoxy) is 2. The molecule has 2 fully saturated rings. The van der Waals surface area contributed by atoms with Crippen LogP contribution in [-0.2, 0) is 19.1 Å². The Bertz CT molecular complexity index is 433. The molecule has 2 rings (SSSR count). The molecular formula is C19H34N2O4. The summed E-state index contributed by atoms with van der Waals surface area (Å²) in [5.41, 5.74) is -0.349. The average molecular weight is 354 g/mol. The van der Waals surface area contributed by atoms with Crippen LogP contribution < -0.4 is 5.32 Å². The van der Waals surface area contributed by atoms with E-state index < -0.39 is 0 Å². The summed E-state index contributed by atoms with van der Waals surface area (Å²) in [6.07, 6.45) is 4.80. The van der Waals surface area contributed by atoms with Crippen molar-refractivity contribution in [3.05, 3.63) is 0 Å². The number of hydrogen-bond donors (Lipinski definition) is 1. The van der Waals surface area contributed by atoms with E-state index in [1.54, 1.807) is 0 Å². The molecule has 1 atom stereocenters. The largest absolute Gasteiger partial charge is 0.379 e. The lowest BCUT2D eigenvalue weighted by Gasteiger charge is -2.35. The van der Waals surface area contributed by atoms with Crippen molar-refractivity contribution in [3.8, 4) is 0 Å². The summed E-state index contributed by atoms with van der Waals surface area (Å²) in [7, 11) is 0. The fourth-order valence-corrected chi connectivity index (χ4v) is 3.34. The fraction of sp³-hybridized carbons (Fsp3) is 0.895. The molecule has 0 aromatic heterocycles. The first kappa shape index (κ1) is 20.2. The monoisotopic (exact) mass is 354 g/mol. The van der Waals surface area contributed by atoms with Crippen molar-refractivity contribution >= 4 is 11.8 Å². The van der Waals surface area contributed by atoms with Crippen LogP contribution in [-0.4, -0.2) is 62.3 Å². The van der Waals surface area contributed by atoms with Crippen LogP contribution in [0.25, 0.3) is 0 Å². The van der Waals surface area contributed by atoms with E-state index in [0.29, 0.717) is 32.8 Å². The molecule has 6 nitrogen and oxygen atoms in total. The Morgan fingerprint density at radius 2 is 1.92 bits per heavy atom. The van der Waals surface area contributed by atoms with Gasteiger partial charge in [-0.2, -0.15) is 0 Å². The highest BCUT2D eigenvalue weighted by atomic mass is 16.5.